The average Bonchev–Trinajstić information content (AvgIpc) is 2.57. The van der Waals surface area contributed by atoms with E-state index in [-0.39, 0.29) is 0 Å². The summed E-state index contributed by atoms with van der Waals surface area (Å²) in [6.07, 6.45) is 0. The van der Waals surface area contributed by atoms with Crippen molar-refractivity contribution in [2.45, 2.75) is 6.92 Å². The molecule has 5 nitrogen and oxygen atoms in total. The van der Waals surface area contributed by atoms with Gasteiger partial charge in [-0.15, -0.1) is 5.10 Å². The zero-order chi connectivity index (χ0) is 15.5. The number of hydrogen-bond donors (Lipinski definition) is 1. The van der Waals surface area contributed by atoms with Crippen LogP contribution in [0.3, 0.4) is 0 Å². The fraction of sp³-hybridized carbons (Fsp3) is 0.176. The lowest BCUT2D eigenvalue weighted by molar-refractivity contribution is 0.395. The van der Waals surface area contributed by atoms with Gasteiger partial charge in [0, 0.05) is 34.7 Å². The fourth-order valence-corrected chi connectivity index (χ4v) is 2.35. The van der Waals surface area contributed by atoms with Gasteiger partial charge in [0.05, 0.1) is 19.9 Å². The quantitative estimate of drug-likeness (QED) is 0.795. The number of rotatable bonds is 4. The van der Waals surface area contributed by atoms with Gasteiger partial charge in [-0.1, -0.05) is 24.3 Å². The molecule has 0 atom stereocenters. The summed E-state index contributed by atoms with van der Waals surface area (Å²) in [5.74, 6) is 2.13. The van der Waals surface area contributed by atoms with Crippen LogP contribution in [-0.4, -0.2) is 24.4 Å². The zero-order valence-corrected chi connectivity index (χ0v) is 12.8. The molecule has 112 valence electrons. The maximum Gasteiger partial charge on any atom is 0.160 e. The van der Waals surface area contributed by atoms with Crippen LogP contribution in [0.1, 0.15) is 5.69 Å². The number of ether oxygens (including phenoxy) is 2. The summed E-state index contributed by atoms with van der Waals surface area (Å²) >= 11 is 0. The van der Waals surface area contributed by atoms with Gasteiger partial charge in [0.2, 0.25) is 0 Å². The molecule has 2 aromatic carbocycles. The summed E-state index contributed by atoms with van der Waals surface area (Å²) in [5.41, 5.74) is 1.74. The Morgan fingerprint density at radius 1 is 0.864 bits per heavy atom. The van der Waals surface area contributed by atoms with Crippen molar-refractivity contribution in [3.05, 3.63) is 48.2 Å². The van der Waals surface area contributed by atoms with Gasteiger partial charge in [-0.05, 0) is 6.92 Å². The smallest absolute Gasteiger partial charge is 0.160 e. The fourth-order valence-electron chi connectivity index (χ4n) is 2.35. The van der Waals surface area contributed by atoms with E-state index in [1.165, 1.54) is 0 Å². The molecule has 0 aliphatic carbocycles. The molecule has 0 saturated carbocycles. The van der Waals surface area contributed by atoms with Gasteiger partial charge in [0.1, 0.15) is 11.5 Å². The van der Waals surface area contributed by atoms with Crippen LogP contribution in [0, 0.1) is 6.92 Å². The number of fused-ring (bicyclic) bond motifs is 1. The first-order chi connectivity index (χ1) is 10.7. The molecule has 1 heterocycles. The second-order valence-electron chi connectivity index (χ2n) is 4.91. The Morgan fingerprint density at radius 2 is 1.50 bits per heavy atom. The molecule has 0 saturated heterocycles. The van der Waals surface area contributed by atoms with E-state index in [0.29, 0.717) is 17.3 Å². The Kier molecular flexibility index (Phi) is 3.78. The van der Waals surface area contributed by atoms with E-state index in [0.717, 1.165) is 22.2 Å². The summed E-state index contributed by atoms with van der Waals surface area (Å²) in [6.45, 7) is 1.95. The Morgan fingerprint density at radius 3 is 2.14 bits per heavy atom. The standard InChI is InChI=1S/C17H17N3O2/c1-11-15-6-4-5-7-16(15)17(20-19-11)18-12-8-13(21-2)10-14(9-12)22-3/h4-10H,1-3H3,(H,18,20). The highest BCUT2D eigenvalue weighted by Gasteiger charge is 2.08. The van der Waals surface area contributed by atoms with Crippen molar-refractivity contribution in [2.75, 3.05) is 19.5 Å². The number of nitrogens with one attached hydrogen (secondary N) is 1. The molecule has 0 aliphatic heterocycles. The lowest BCUT2D eigenvalue weighted by Gasteiger charge is -2.12. The summed E-state index contributed by atoms with van der Waals surface area (Å²) in [5, 5.41) is 13.9. The van der Waals surface area contributed by atoms with Crippen LogP contribution in [0.4, 0.5) is 11.5 Å². The molecule has 0 radical (unpaired) electrons. The number of nitrogens with zero attached hydrogens (tertiary/aromatic N) is 2. The Labute approximate surface area is 128 Å². The van der Waals surface area contributed by atoms with Gasteiger partial charge >= 0.3 is 0 Å². The molecule has 0 spiro atoms. The topological polar surface area (TPSA) is 56.3 Å². The van der Waals surface area contributed by atoms with Crippen LogP contribution < -0.4 is 14.8 Å². The molecule has 22 heavy (non-hydrogen) atoms. The molecule has 0 bridgehead atoms. The van der Waals surface area contributed by atoms with Gasteiger partial charge in [-0.2, -0.15) is 5.10 Å². The zero-order valence-electron chi connectivity index (χ0n) is 12.8. The van der Waals surface area contributed by atoms with Crippen LogP contribution in [0.5, 0.6) is 11.5 Å². The molecule has 3 aromatic rings. The molecule has 0 unspecified atom stereocenters. The van der Waals surface area contributed by atoms with Crippen LogP contribution in [-0.2, 0) is 0 Å². The van der Waals surface area contributed by atoms with Crippen LogP contribution in [0.2, 0.25) is 0 Å². The van der Waals surface area contributed by atoms with E-state index >= 15 is 0 Å². The predicted molar refractivity (Wildman–Crippen MR) is 87.1 cm³/mol. The largest absolute Gasteiger partial charge is 0.497 e. The molecular formula is C17H17N3O2. The highest BCUT2D eigenvalue weighted by atomic mass is 16.5. The lowest BCUT2D eigenvalue weighted by Crippen LogP contribution is -1.99. The third kappa shape index (κ3) is 2.65. The number of methoxy groups -OCH3 is 2. The molecular weight excluding hydrogens is 278 g/mol. The monoisotopic (exact) mass is 295 g/mol. The first-order valence-electron chi connectivity index (χ1n) is 6.93. The lowest BCUT2D eigenvalue weighted by atomic mass is 10.1. The van der Waals surface area contributed by atoms with Crippen LogP contribution >= 0.6 is 0 Å². The maximum atomic E-state index is 5.29. The van der Waals surface area contributed by atoms with Crippen molar-refractivity contribution in [1.82, 2.24) is 10.2 Å². The van der Waals surface area contributed by atoms with E-state index in [1.807, 2.05) is 49.4 Å². The minimum atomic E-state index is 0.705. The third-order valence-corrected chi connectivity index (χ3v) is 3.49. The number of benzene rings is 2. The van der Waals surface area contributed by atoms with E-state index in [2.05, 4.69) is 15.5 Å². The molecule has 5 heteroatoms. The number of hydrogen-bond acceptors (Lipinski definition) is 5. The summed E-state index contributed by atoms with van der Waals surface area (Å²) in [7, 11) is 3.25. The van der Waals surface area contributed by atoms with E-state index in [9.17, 15) is 0 Å². The van der Waals surface area contributed by atoms with Gasteiger partial charge < -0.3 is 14.8 Å². The SMILES string of the molecule is COc1cc(Nc2nnc(C)c3ccccc23)cc(OC)c1. The Balaban J connectivity index is 2.05. The average molecular weight is 295 g/mol. The Bertz CT molecular complexity index is 796. The molecule has 0 fully saturated rings. The van der Waals surface area contributed by atoms with Crippen molar-refractivity contribution >= 4 is 22.3 Å². The van der Waals surface area contributed by atoms with E-state index in [1.54, 1.807) is 14.2 Å². The molecule has 1 aromatic heterocycles. The minimum absolute atomic E-state index is 0.705. The number of aromatic nitrogens is 2. The van der Waals surface area contributed by atoms with E-state index in [4.69, 9.17) is 9.47 Å². The van der Waals surface area contributed by atoms with Gasteiger partial charge in [0.25, 0.3) is 0 Å². The van der Waals surface area contributed by atoms with Crippen molar-refractivity contribution in [3.63, 3.8) is 0 Å². The van der Waals surface area contributed by atoms with Crippen molar-refractivity contribution in [3.8, 4) is 11.5 Å². The van der Waals surface area contributed by atoms with Crippen molar-refractivity contribution in [1.29, 1.82) is 0 Å². The summed E-state index contributed by atoms with van der Waals surface area (Å²) in [4.78, 5) is 0. The molecule has 1 N–H and O–H groups in total. The normalized spacial score (nSPS) is 10.5. The van der Waals surface area contributed by atoms with Gasteiger partial charge in [-0.25, -0.2) is 0 Å². The second-order valence-corrected chi connectivity index (χ2v) is 4.91. The van der Waals surface area contributed by atoms with E-state index < -0.39 is 0 Å². The second kappa shape index (κ2) is 5.89. The first kappa shape index (κ1) is 14.1. The molecule has 0 aliphatic rings. The number of anilines is 2. The third-order valence-electron chi connectivity index (χ3n) is 3.49. The van der Waals surface area contributed by atoms with Crippen molar-refractivity contribution < 1.29 is 9.47 Å². The predicted octanol–water partition coefficient (Wildman–Crippen LogP) is 3.70. The first-order valence-corrected chi connectivity index (χ1v) is 6.93. The van der Waals surface area contributed by atoms with Crippen LogP contribution in [0.25, 0.3) is 10.8 Å². The van der Waals surface area contributed by atoms with Gasteiger partial charge in [0.15, 0.2) is 5.82 Å². The maximum absolute atomic E-state index is 5.29. The minimum Gasteiger partial charge on any atom is -0.497 e. The molecule has 3 rings (SSSR count). The Hall–Kier alpha value is -2.82. The highest BCUT2D eigenvalue weighted by Crippen LogP contribution is 2.30. The van der Waals surface area contributed by atoms with Crippen molar-refractivity contribution in [2.24, 2.45) is 0 Å². The molecule has 0 amide bonds. The summed E-state index contributed by atoms with van der Waals surface area (Å²) in [6, 6.07) is 13.6. The van der Waals surface area contributed by atoms with Gasteiger partial charge in [-0.3, -0.25) is 0 Å². The summed E-state index contributed by atoms with van der Waals surface area (Å²) < 4.78 is 10.6. The highest BCUT2D eigenvalue weighted by molar-refractivity contribution is 5.94. The van der Waals surface area contributed by atoms with Crippen LogP contribution in [0.15, 0.2) is 42.5 Å². The number of aryl methyl sites for hydroxylation is 1.